The van der Waals surface area contributed by atoms with Crippen molar-refractivity contribution in [3.05, 3.63) is 60.7 Å². The molecule has 118 valence electrons. The van der Waals surface area contributed by atoms with Gasteiger partial charge in [0.2, 0.25) is 0 Å². The highest BCUT2D eigenvalue weighted by Crippen LogP contribution is 2.34. The Morgan fingerprint density at radius 1 is 0.750 bits per heavy atom. The van der Waals surface area contributed by atoms with E-state index < -0.39 is 0 Å². The molecule has 5 rings (SSSR count). The second-order valence-electron chi connectivity index (χ2n) is 6.68. The number of nitrogens with zero attached hydrogens (tertiary/aromatic N) is 1. The fraction of sp³-hybridized carbons (Fsp3) is 0.200. The zero-order valence-corrected chi connectivity index (χ0v) is 13.6. The van der Waals surface area contributed by atoms with Crippen LogP contribution in [0.25, 0.3) is 10.8 Å². The first kappa shape index (κ1) is 13.8. The first-order valence-electron chi connectivity index (χ1n) is 8.79. The molecule has 3 aromatic rings. The lowest BCUT2D eigenvalue weighted by atomic mass is 9.65. The summed E-state index contributed by atoms with van der Waals surface area (Å²) < 4.78 is 0. The molecule has 0 spiro atoms. The highest BCUT2D eigenvalue weighted by Gasteiger charge is 2.29. The average Bonchev–Trinajstić information content (AvgIpc) is 3.17. The maximum Gasteiger partial charge on any atom is 0.408 e. The van der Waals surface area contributed by atoms with E-state index in [0.717, 1.165) is 13.1 Å². The van der Waals surface area contributed by atoms with E-state index in [1.54, 1.807) is 0 Å². The van der Waals surface area contributed by atoms with E-state index in [4.69, 9.17) is 0 Å². The summed E-state index contributed by atoms with van der Waals surface area (Å²) in [5.41, 5.74) is 5.10. The number of hydrogen-bond donors (Lipinski definition) is 2. The number of rotatable bonds is 2. The third-order valence-electron chi connectivity index (χ3n) is 5.20. The average molecular weight is 313 g/mol. The van der Waals surface area contributed by atoms with E-state index in [-0.39, 0.29) is 6.98 Å². The van der Waals surface area contributed by atoms with Crippen LogP contribution >= 0.6 is 0 Å². The minimum atomic E-state index is 0.0994. The third-order valence-corrected chi connectivity index (χ3v) is 5.20. The lowest BCUT2D eigenvalue weighted by molar-refractivity contribution is 0.949. The molecule has 1 saturated heterocycles. The van der Waals surface area contributed by atoms with Crippen LogP contribution in [0.5, 0.6) is 0 Å². The second-order valence-corrected chi connectivity index (χ2v) is 6.68. The van der Waals surface area contributed by atoms with Gasteiger partial charge in [-0.05, 0) is 41.9 Å². The molecule has 1 fully saturated rings. The Bertz CT molecular complexity index is 862. The predicted octanol–water partition coefficient (Wildman–Crippen LogP) is 3.67. The van der Waals surface area contributed by atoms with Crippen molar-refractivity contribution < 1.29 is 0 Å². The summed E-state index contributed by atoms with van der Waals surface area (Å²) in [6.45, 7) is 2.42. The van der Waals surface area contributed by atoms with Gasteiger partial charge in [-0.25, -0.2) is 0 Å². The number of para-hydroxylation sites is 1. The van der Waals surface area contributed by atoms with Gasteiger partial charge in [-0.1, -0.05) is 42.5 Å². The summed E-state index contributed by atoms with van der Waals surface area (Å²) in [4.78, 5) is 2.51. The quantitative estimate of drug-likeness (QED) is 0.707. The van der Waals surface area contributed by atoms with Crippen molar-refractivity contribution in [1.82, 2.24) is 0 Å². The minimum Gasteiger partial charge on any atom is -0.405 e. The molecule has 2 aliphatic heterocycles. The largest absolute Gasteiger partial charge is 0.408 e. The number of benzene rings is 3. The molecule has 24 heavy (non-hydrogen) atoms. The third kappa shape index (κ3) is 2.14. The lowest BCUT2D eigenvalue weighted by Crippen LogP contribution is -2.49. The molecule has 0 saturated carbocycles. The van der Waals surface area contributed by atoms with Gasteiger partial charge in [-0.3, -0.25) is 0 Å². The molecule has 0 bridgehead atoms. The molecule has 0 aromatic heterocycles. The minimum absolute atomic E-state index is 0.0994. The summed E-state index contributed by atoms with van der Waals surface area (Å²) in [5.74, 6) is 0. The highest BCUT2D eigenvalue weighted by atomic mass is 15.1. The molecular weight excluding hydrogens is 293 g/mol. The molecule has 0 amide bonds. The van der Waals surface area contributed by atoms with Crippen LogP contribution in [0.3, 0.4) is 0 Å². The summed E-state index contributed by atoms with van der Waals surface area (Å²) in [7, 11) is 0. The summed E-state index contributed by atoms with van der Waals surface area (Å²) >= 11 is 0. The summed E-state index contributed by atoms with van der Waals surface area (Å²) in [5, 5.41) is 9.97. The normalized spacial score (nSPS) is 16.2. The zero-order chi connectivity index (χ0) is 15.9. The van der Waals surface area contributed by atoms with Gasteiger partial charge in [-0.15, -0.1) is 0 Å². The van der Waals surface area contributed by atoms with E-state index in [1.165, 1.54) is 46.1 Å². The summed E-state index contributed by atoms with van der Waals surface area (Å²) in [6, 6.07) is 21.7. The van der Waals surface area contributed by atoms with Crippen LogP contribution in [0.15, 0.2) is 60.7 Å². The van der Waals surface area contributed by atoms with Crippen LogP contribution in [0.4, 0.5) is 17.1 Å². The number of anilines is 3. The number of hydrogen-bond acceptors (Lipinski definition) is 3. The molecular formula is C20H20BN3. The van der Waals surface area contributed by atoms with Crippen molar-refractivity contribution >= 4 is 40.3 Å². The molecule has 0 aliphatic carbocycles. The Labute approximate surface area is 142 Å². The van der Waals surface area contributed by atoms with Crippen LogP contribution in [-0.4, -0.2) is 20.1 Å². The van der Waals surface area contributed by atoms with Gasteiger partial charge in [0, 0.05) is 35.5 Å². The first-order chi connectivity index (χ1) is 11.9. The van der Waals surface area contributed by atoms with Crippen molar-refractivity contribution in [3.8, 4) is 0 Å². The fourth-order valence-corrected chi connectivity index (χ4v) is 4.06. The Morgan fingerprint density at radius 3 is 2.12 bits per heavy atom. The van der Waals surface area contributed by atoms with Crippen LogP contribution in [0.2, 0.25) is 0 Å². The van der Waals surface area contributed by atoms with Crippen molar-refractivity contribution in [2.24, 2.45) is 0 Å². The molecule has 0 atom stereocenters. The molecule has 2 heterocycles. The van der Waals surface area contributed by atoms with E-state index >= 15 is 0 Å². The van der Waals surface area contributed by atoms with E-state index in [0.29, 0.717) is 0 Å². The molecule has 4 heteroatoms. The van der Waals surface area contributed by atoms with Gasteiger partial charge in [0.25, 0.3) is 0 Å². The Morgan fingerprint density at radius 2 is 1.42 bits per heavy atom. The van der Waals surface area contributed by atoms with Gasteiger partial charge in [0.05, 0.1) is 0 Å². The first-order valence-corrected chi connectivity index (χ1v) is 8.79. The van der Waals surface area contributed by atoms with E-state index in [2.05, 4.69) is 76.0 Å². The van der Waals surface area contributed by atoms with Gasteiger partial charge in [0.15, 0.2) is 0 Å². The van der Waals surface area contributed by atoms with Gasteiger partial charge in [0.1, 0.15) is 0 Å². The summed E-state index contributed by atoms with van der Waals surface area (Å²) in [6.07, 6.45) is 2.59. The van der Waals surface area contributed by atoms with Crippen molar-refractivity contribution in [1.29, 1.82) is 0 Å². The van der Waals surface area contributed by atoms with Crippen LogP contribution < -0.4 is 20.8 Å². The van der Waals surface area contributed by atoms with Gasteiger partial charge < -0.3 is 15.4 Å². The van der Waals surface area contributed by atoms with Crippen LogP contribution in [0.1, 0.15) is 12.8 Å². The number of nitrogens with one attached hydrogen (secondary N) is 2. The standard InChI is InChI=1S/C20H20BN3/c1-2-12-19(24-13-3-4-14-24)16(9-1)21-22-17-10-5-7-15-8-6-11-18(23-21)20(15)17/h1-2,5-12,22-23H,3-4,13-14H2. The molecule has 3 aromatic carbocycles. The maximum atomic E-state index is 3.70. The van der Waals surface area contributed by atoms with E-state index in [1.807, 2.05) is 0 Å². The smallest absolute Gasteiger partial charge is 0.405 e. The van der Waals surface area contributed by atoms with Crippen molar-refractivity contribution in [2.45, 2.75) is 12.8 Å². The van der Waals surface area contributed by atoms with Gasteiger partial charge in [-0.2, -0.15) is 0 Å². The van der Waals surface area contributed by atoms with Crippen molar-refractivity contribution in [3.63, 3.8) is 0 Å². The Kier molecular flexibility index (Phi) is 3.15. The van der Waals surface area contributed by atoms with Gasteiger partial charge >= 0.3 is 6.98 Å². The Balaban J connectivity index is 1.58. The van der Waals surface area contributed by atoms with E-state index in [9.17, 15) is 0 Å². The topological polar surface area (TPSA) is 27.3 Å². The Hall–Kier alpha value is -2.62. The second kappa shape index (κ2) is 5.48. The zero-order valence-electron chi connectivity index (χ0n) is 13.6. The molecule has 3 nitrogen and oxygen atoms in total. The highest BCUT2D eigenvalue weighted by molar-refractivity contribution is 6.81. The van der Waals surface area contributed by atoms with Crippen LogP contribution in [0, 0.1) is 0 Å². The maximum absolute atomic E-state index is 3.70. The van der Waals surface area contributed by atoms with Crippen LogP contribution in [-0.2, 0) is 0 Å². The predicted molar refractivity (Wildman–Crippen MR) is 104 cm³/mol. The molecule has 2 N–H and O–H groups in total. The fourth-order valence-electron chi connectivity index (χ4n) is 4.06. The van der Waals surface area contributed by atoms with Crippen molar-refractivity contribution in [2.75, 3.05) is 28.4 Å². The molecule has 2 aliphatic rings. The SMILES string of the molecule is c1ccc(N2CCCC2)c(B2Nc3cccc4cccc(c34)N2)c1. The molecule has 0 radical (unpaired) electrons. The lowest BCUT2D eigenvalue weighted by Gasteiger charge is -2.30. The monoisotopic (exact) mass is 313 g/mol. The molecule has 0 unspecified atom stereocenters.